The molecule has 0 bridgehead atoms. The number of amides is 9. The number of nitrogens with one attached hydrogen (secondary N) is 7. The summed E-state index contributed by atoms with van der Waals surface area (Å²) in [5.41, 5.74) is 9.75. The number of aromatic nitrogens is 1. The van der Waals surface area contributed by atoms with E-state index in [1.165, 1.54) is 11.8 Å². The van der Waals surface area contributed by atoms with Gasteiger partial charge in [-0.15, -0.1) is 0 Å². The summed E-state index contributed by atoms with van der Waals surface area (Å²) in [6.07, 6.45) is 2.73. The van der Waals surface area contributed by atoms with Gasteiger partial charge in [-0.2, -0.15) is 0 Å². The zero-order chi connectivity index (χ0) is 66.4. The first kappa shape index (κ1) is 69.6. The number of carboxylic acids is 1. The van der Waals surface area contributed by atoms with E-state index in [9.17, 15) is 48.3 Å². The first-order valence-corrected chi connectivity index (χ1v) is 30.1. The molecule has 3 unspecified atom stereocenters. The van der Waals surface area contributed by atoms with Gasteiger partial charge in [0.15, 0.2) is 0 Å². The number of nitrogens with two attached hydrogens (primary N) is 1. The number of hydrogen-bond acceptors (Lipinski definition) is 11. The number of aryl methyl sites for hydroxylation is 1. The molecule has 0 radical (unpaired) electrons. The molecule has 0 saturated heterocycles. The van der Waals surface area contributed by atoms with E-state index in [1.807, 2.05) is 121 Å². The monoisotopic (exact) mass is 1230 g/mol. The highest BCUT2D eigenvalue weighted by Gasteiger charge is 2.43. The highest BCUT2D eigenvalue weighted by molar-refractivity contribution is 6.00. The lowest BCUT2D eigenvalue weighted by molar-refractivity contribution is -0.141. The Labute approximate surface area is 526 Å². The van der Waals surface area contributed by atoms with Gasteiger partial charge < -0.3 is 61.8 Å². The van der Waals surface area contributed by atoms with Crippen molar-refractivity contribution in [1.29, 1.82) is 0 Å². The summed E-state index contributed by atoms with van der Waals surface area (Å²) >= 11 is 0. The Kier molecular flexibility index (Phi) is 23.7. The van der Waals surface area contributed by atoms with Crippen molar-refractivity contribution in [2.45, 2.75) is 144 Å². The van der Waals surface area contributed by atoms with Crippen molar-refractivity contribution in [3.8, 4) is 11.8 Å². The van der Waals surface area contributed by atoms with E-state index < -0.39 is 88.7 Å². The van der Waals surface area contributed by atoms with Crippen molar-refractivity contribution < 1.29 is 53.0 Å². The fourth-order valence-electron chi connectivity index (χ4n) is 10.9. The minimum Gasteiger partial charge on any atom is -0.478 e. The number of aliphatic carboxylic acids is 1. The van der Waals surface area contributed by atoms with Crippen molar-refractivity contribution in [3.63, 3.8) is 0 Å². The van der Waals surface area contributed by atoms with Crippen LogP contribution < -0.4 is 47.9 Å². The second kappa shape index (κ2) is 30.6. The van der Waals surface area contributed by atoms with Crippen LogP contribution in [-0.2, 0) is 63.9 Å². The Balaban J connectivity index is 1.05. The molecule has 480 valence electrons. The second-order valence-corrected chi connectivity index (χ2v) is 25.1. The summed E-state index contributed by atoms with van der Waals surface area (Å²) in [5, 5.41) is 30.3. The zero-order valence-electron chi connectivity index (χ0n) is 53.8. The molecule has 9 amide bonds. The minimum absolute atomic E-state index is 0.0859. The molecule has 22 nitrogen and oxygen atoms in total. The summed E-state index contributed by atoms with van der Waals surface area (Å²) in [6, 6.07) is 21.5. The van der Waals surface area contributed by atoms with E-state index in [4.69, 9.17) is 10.5 Å². The number of likely N-dealkylation sites (N-methyl/N-ethyl adjacent to an activating group) is 2. The number of rotatable bonds is 26. The maximum absolute atomic E-state index is 14.4. The lowest BCUT2D eigenvalue weighted by Gasteiger charge is -2.39. The number of carbonyl (C=O) groups excluding carboxylic acids is 8. The van der Waals surface area contributed by atoms with Crippen LogP contribution in [0.4, 0.5) is 26.7 Å². The molecule has 0 saturated carbocycles. The maximum atomic E-state index is 14.4. The first-order chi connectivity index (χ1) is 42.4. The molecule has 90 heavy (non-hydrogen) atoms. The van der Waals surface area contributed by atoms with Gasteiger partial charge in [0.05, 0.1) is 29.8 Å². The number of nitrogens with zero attached hydrogens (tertiary/aromatic N) is 3. The molecule has 0 aliphatic carbocycles. The Bertz CT molecular complexity index is 3570. The van der Waals surface area contributed by atoms with Crippen LogP contribution in [0.2, 0.25) is 0 Å². The van der Waals surface area contributed by atoms with E-state index in [1.54, 1.807) is 75.3 Å². The lowest BCUT2D eigenvalue weighted by atomic mass is 9.76. The van der Waals surface area contributed by atoms with Gasteiger partial charge in [0.25, 0.3) is 0 Å². The highest BCUT2D eigenvalue weighted by atomic mass is 16.5. The Morgan fingerprint density at radius 1 is 0.767 bits per heavy atom. The largest absolute Gasteiger partial charge is 0.478 e. The van der Waals surface area contributed by atoms with Crippen LogP contribution in [0, 0.1) is 29.1 Å². The van der Waals surface area contributed by atoms with Crippen LogP contribution in [0.15, 0.2) is 109 Å². The molecule has 4 aromatic carbocycles. The number of urea groups is 1. The van der Waals surface area contributed by atoms with Gasteiger partial charge in [0.2, 0.25) is 35.4 Å². The fraction of sp³-hybridized carbons (Fsp3) is 0.426. The third kappa shape index (κ3) is 18.1. The van der Waals surface area contributed by atoms with Gasteiger partial charge >= 0.3 is 18.1 Å². The summed E-state index contributed by atoms with van der Waals surface area (Å²) in [5.74, 6) is 1.93. The van der Waals surface area contributed by atoms with Crippen LogP contribution in [0.5, 0.6) is 0 Å². The third-order valence-electron chi connectivity index (χ3n) is 16.0. The number of primary amides is 1. The summed E-state index contributed by atoms with van der Waals surface area (Å²) in [7, 11) is 5.15. The molecule has 10 N–H and O–H groups in total. The van der Waals surface area contributed by atoms with Crippen molar-refractivity contribution >= 4 is 81.5 Å². The fourth-order valence-corrected chi connectivity index (χ4v) is 10.9. The standard InChI is InChI=1S/C68H87N11O11/c1-40(2)53(35-42(5)64(86)87)78(13)63(85)59(67(6,7)8)76-62(84)58(70-11)68(9,10)50-38-77(12)54-36-48(30-31-49(50)54)73-66(89)90-39-43-24-28-47(29-25-43)72-60(82)51(22-18-34-71-65(69)88)74-61(83)57(41(3)4)75-55(80)32-33-56(81)79-37-46-21-15-14-19-44(46)26-27-45-20-16-17-23-52(45)79/h14-17,19-21,23-25,28-31,35-36,38,40-41,51,53,57-59,70H,18,22,32-34,37,39H2,1-13H3,(H,72,82)(H,73,89)(H,74,83)(H,75,80)(H,76,84)(H,86,87)(H3,69,71,88)/b42-35+/t51?,53?,57-,58?,59+/m0/s1. The van der Waals surface area contributed by atoms with Gasteiger partial charge in [0.1, 0.15) is 24.7 Å². The molecule has 5 atom stereocenters. The predicted octanol–water partition coefficient (Wildman–Crippen LogP) is 7.58. The van der Waals surface area contributed by atoms with Crippen LogP contribution in [-0.4, -0.2) is 119 Å². The van der Waals surface area contributed by atoms with Crippen molar-refractivity contribution in [2.24, 2.45) is 30.0 Å². The van der Waals surface area contributed by atoms with Crippen LogP contribution in [0.1, 0.15) is 123 Å². The number of ether oxygens (including phenoxy) is 1. The van der Waals surface area contributed by atoms with Crippen LogP contribution in [0.25, 0.3) is 10.9 Å². The average Bonchev–Trinajstić information content (AvgIpc) is 1.57. The number of anilines is 3. The molecule has 22 heteroatoms. The molecule has 5 aromatic rings. The number of benzene rings is 4. The van der Waals surface area contributed by atoms with E-state index in [-0.39, 0.29) is 68.7 Å². The van der Waals surface area contributed by atoms with Gasteiger partial charge in [-0.3, -0.25) is 34.1 Å². The van der Waals surface area contributed by atoms with E-state index in [0.29, 0.717) is 28.2 Å². The molecular formula is C68H87N11O11. The van der Waals surface area contributed by atoms with Crippen LogP contribution in [0.3, 0.4) is 0 Å². The van der Waals surface area contributed by atoms with Crippen LogP contribution >= 0.6 is 0 Å². The van der Waals surface area contributed by atoms with Gasteiger partial charge in [0, 0.05) is 78.6 Å². The molecule has 1 aliphatic heterocycles. The predicted molar refractivity (Wildman–Crippen MR) is 347 cm³/mol. The Hall–Kier alpha value is -9.49. The van der Waals surface area contributed by atoms with Crippen molar-refractivity contribution in [3.05, 3.63) is 137 Å². The molecule has 0 fully saturated rings. The smallest absolute Gasteiger partial charge is 0.411 e. The topological polar surface area (TPSA) is 305 Å². The van der Waals surface area contributed by atoms with E-state index >= 15 is 0 Å². The normalized spacial score (nSPS) is 13.9. The van der Waals surface area contributed by atoms with Gasteiger partial charge in [-0.25, -0.2) is 14.4 Å². The number of carbonyl (C=O) groups is 9. The second-order valence-electron chi connectivity index (χ2n) is 25.1. The minimum atomic E-state index is -1.12. The van der Waals surface area contributed by atoms with E-state index in [2.05, 4.69) is 49.1 Å². The Morgan fingerprint density at radius 2 is 1.41 bits per heavy atom. The molecular weight excluding hydrogens is 1150 g/mol. The van der Waals surface area contributed by atoms with E-state index in [0.717, 1.165) is 27.6 Å². The summed E-state index contributed by atoms with van der Waals surface area (Å²) in [6.45, 7) is 18.5. The van der Waals surface area contributed by atoms with Gasteiger partial charge in [-0.05, 0) is 103 Å². The molecule has 0 spiro atoms. The quantitative estimate of drug-likeness (QED) is 0.0147. The Morgan fingerprint density at radius 3 is 2.04 bits per heavy atom. The molecule has 1 aliphatic rings. The summed E-state index contributed by atoms with van der Waals surface area (Å²) in [4.78, 5) is 123. The molecule has 1 aromatic heterocycles. The number of hydrogen-bond donors (Lipinski definition) is 9. The summed E-state index contributed by atoms with van der Waals surface area (Å²) < 4.78 is 7.48. The van der Waals surface area contributed by atoms with Crippen molar-refractivity contribution in [2.75, 3.05) is 36.2 Å². The molecule has 6 rings (SSSR count). The molecule has 2 heterocycles. The highest BCUT2D eigenvalue weighted by Crippen LogP contribution is 2.37. The SMILES string of the molecule is CNC(C(=O)N[C@H](C(=O)N(C)C(/C=C(\C)C(=O)O)C(C)C)C(C)(C)C)C(C)(C)c1cn(C)c2cc(NC(=O)OCc3ccc(NC(=O)C(CCCNC(N)=O)NC(=O)[C@@H](NC(=O)CCC(=O)N4Cc5ccccc5C#Cc5ccccc54)C(C)C)cc3)ccc12. The maximum Gasteiger partial charge on any atom is 0.411 e. The number of carboxylic acid groups (broad SMARTS) is 1. The van der Waals surface area contributed by atoms with Crippen molar-refractivity contribution in [1.82, 2.24) is 36.1 Å². The first-order valence-electron chi connectivity index (χ1n) is 30.1. The zero-order valence-corrected chi connectivity index (χ0v) is 53.8. The van der Waals surface area contributed by atoms with Gasteiger partial charge in [-0.1, -0.05) is 129 Å². The number of fused-ring (bicyclic) bond motifs is 3. The number of para-hydroxylation sites is 1. The average molecular weight is 1230 g/mol. The third-order valence-corrected chi connectivity index (χ3v) is 16.0. The lowest BCUT2D eigenvalue weighted by Crippen LogP contribution is -2.61.